The fraction of sp³-hybridized carbons (Fsp3) is 0.357. The molecule has 4 nitrogen and oxygen atoms in total. The number of hydrogen-bond donors (Lipinski definition) is 2. The third-order valence-corrected chi connectivity index (χ3v) is 2.97. The Bertz CT molecular complexity index is 500. The van der Waals surface area contributed by atoms with Gasteiger partial charge in [-0.25, -0.2) is 4.98 Å². The van der Waals surface area contributed by atoms with Crippen LogP contribution in [0.2, 0.25) is 0 Å². The summed E-state index contributed by atoms with van der Waals surface area (Å²) in [5.74, 6) is 1.11. The lowest BCUT2D eigenvalue weighted by atomic mass is 10.1. The quantitative estimate of drug-likeness (QED) is 0.820. The molecule has 0 fully saturated rings. The van der Waals surface area contributed by atoms with Crippen LogP contribution in [-0.4, -0.2) is 23.1 Å². The normalized spacial score (nSPS) is 12.6. The van der Waals surface area contributed by atoms with E-state index in [0.29, 0.717) is 0 Å². The van der Waals surface area contributed by atoms with Gasteiger partial charge in [-0.15, -0.1) is 0 Å². The van der Waals surface area contributed by atoms with E-state index >= 15 is 0 Å². The summed E-state index contributed by atoms with van der Waals surface area (Å²) >= 11 is 0. The van der Waals surface area contributed by atoms with Gasteiger partial charge in [0.15, 0.2) is 0 Å². The highest BCUT2D eigenvalue weighted by Gasteiger charge is 2.07. The van der Waals surface area contributed by atoms with Gasteiger partial charge in [0.25, 0.3) is 0 Å². The average Bonchev–Trinajstić information content (AvgIpc) is 2.92. The first kappa shape index (κ1) is 14.5. The highest BCUT2D eigenvalue weighted by molar-refractivity contribution is 5.28. The molecule has 1 aromatic heterocycles. The van der Waals surface area contributed by atoms with E-state index in [2.05, 4.69) is 20.0 Å². The summed E-state index contributed by atoms with van der Waals surface area (Å²) in [6.45, 7) is 0.0134. The van der Waals surface area contributed by atoms with E-state index in [1.165, 1.54) is 0 Å². The maximum Gasteiger partial charge on any atom is 0.387 e. The van der Waals surface area contributed by atoms with Gasteiger partial charge in [-0.1, -0.05) is 12.1 Å². The molecule has 0 aliphatic rings. The number of imidazole rings is 1. The Morgan fingerprint density at radius 3 is 2.65 bits per heavy atom. The third-order valence-electron chi connectivity index (χ3n) is 2.97. The maximum absolute atomic E-state index is 12.0. The largest absolute Gasteiger partial charge is 0.435 e. The number of nitrogens with one attached hydrogen (secondary N) is 2. The average molecular weight is 281 g/mol. The molecule has 1 heterocycles. The third kappa shape index (κ3) is 4.31. The monoisotopic (exact) mass is 281 g/mol. The number of aromatic nitrogens is 2. The van der Waals surface area contributed by atoms with Crippen LogP contribution in [0.15, 0.2) is 36.7 Å². The topological polar surface area (TPSA) is 49.9 Å². The highest BCUT2D eigenvalue weighted by Crippen LogP contribution is 2.19. The number of rotatable bonds is 7. The van der Waals surface area contributed by atoms with E-state index in [9.17, 15) is 8.78 Å². The summed E-state index contributed by atoms with van der Waals surface area (Å²) in [5, 5.41) is 3.35. The summed E-state index contributed by atoms with van der Waals surface area (Å²) in [6, 6.07) is 6.79. The highest BCUT2D eigenvalue weighted by atomic mass is 19.3. The lowest BCUT2D eigenvalue weighted by Gasteiger charge is -2.14. The minimum absolute atomic E-state index is 0.130. The second-order valence-electron chi connectivity index (χ2n) is 4.41. The predicted octanol–water partition coefficient (Wildman–Crippen LogP) is 2.90. The molecule has 0 saturated carbocycles. The molecule has 2 aromatic rings. The second kappa shape index (κ2) is 7.00. The van der Waals surface area contributed by atoms with Crippen LogP contribution >= 0.6 is 0 Å². The molecule has 2 rings (SSSR count). The van der Waals surface area contributed by atoms with Gasteiger partial charge < -0.3 is 15.0 Å². The fourth-order valence-electron chi connectivity index (χ4n) is 1.90. The van der Waals surface area contributed by atoms with Crippen LogP contribution < -0.4 is 10.1 Å². The Morgan fingerprint density at radius 1 is 1.30 bits per heavy atom. The molecular formula is C14H17F2N3O. The van der Waals surface area contributed by atoms with E-state index in [-0.39, 0.29) is 11.8 Å². The van der Waals surface area contributed by atoms with E-state index in [1.807, 2.05) is 6.92 Å². The van der Waals surface area contributed by atoms with Crippen LogP contribution in [0.5, 0.6) is 5.75 Å². The van der Waals surface area contributed by atoms with Gasteiger partial charge in [-0.2, -0.15) is 8.78 Å². The van der Waals surface area contributed by atoms with Gasteiger partial charge in [-0.3, -0.25) is 0 Å². The van der Waals surface area contributed by atoms with Crippen molar-refractivity contribution >= 4 is 0 Å². The molecule has 0 aliphatic heterocycles. The zero-order valence-corrected chi connectivity index (χ0v) is 11.1. The smallest absolute Gasteiger partial charge is 0.387 e. The summed E-state index contributed by atoms with van der Waals surface area (Å²) in [6.07, 6.45) is 4.32. The van der Waals surface area contributed by atoms with Crippen LogP contribution in [-0.2, 0) is 6.42 Å². The number of ether oxygens (including phenoxy) is 1. The van der Waals surface area contributed by atoms with Crippen molar-refractivity contribution in [2.75, 3.05) is 6.54 Å². The molecule has 2 N–H and O–H groups in total. The lowest BCUT2D eigenvalue weighted by Crippen LogP contribution is -2.21. The predicted molar refractivity (Wildman–Crippen MR) is 71.8 cm³/mol. The number of nitrogens with zero attached hydrogens (tertiary/aromatic N) is 1. The van der Waals surface area contributed by atoms with Gasteiger partial charge in [0.1, 0.15) is 11.6 Å². The minimum Gasteiger partial charge on any atom is -0.435 e. The number of aromatic amines is 1. The van der Waals surface area contributed by atoms with Crippen LogP contribution in [0, 0.1) is 0 Å². The first-order valence-electron chi connectivity index (χ1n) is 6.41. The van der Waals surface area contributed by atoms with E-state index < -0.39 is 6.61 Å². The van der Waals surface area contributed by atoms with Crippen molar-refractivity contribution in [3.05, 3.63) is 48.0 Å². The molecule has 1 aromatic carbocycles. The van der Waals surface area contributed by atoms with Crippen molar-refractivity contribution in [2.24, 2.45) is 0 Å². The molecule has 0 radical (unpaired) electrons. The fourth-order valence-corrected chi connectivity index (χ4v) is 1.90. The lowest BCUT2D eigenvalue weighted by molar-refractivity contribution is -0.0498. The number of halogens is 2. The molecule has 108 valence electrons. The first-order chi connectivity index (χ1) is 9.65. The summed E-state index contributed by atoms with van der Waals surface area (Å²) in [7, 11) is 0. The van der Waals surface area contributed by atoms with E-state index in [4.69, 9.17) is 0 Å². The molecule has 0 aliphatic carbocycles. The van der Waals surface area contributed by atoms with Crippen molar-refractivity contribution in [1.82, 2.24) is 15.3 Å². The molecule has 6 heteroatoms. The van der Waals surface area contributed by atoms with Crippen molar-refractivity contribution in [3.63, 3.8) is 0 Å². The molecule has 0 bridgehead atoms. The van der Waals surface area contributed by atoms with E-state index in [1.54, 1.807) is 36.7 Å². The Kier molecular flexibility index (Phi) is 5.06. The zero-order chi connectivity index (χ0) is 14.4. The molecule has 0 amide bonds. The summed E-state index contributed by atoms with van der Waals surface area (Å²) < 4.78 is 28.4. The Balaban J connectivity index is 1.81. The molecular weight excluding hydrogens is 264 g/mol. The Morgan fingerprint density at radius 2 is 2.05 bits per heavy atom. The summed E-state index contributed by atoms with van der Waals surface area (Å²) in [5.41, 5.74) is 1.02. The van der Waals surface area contributed by atoms with Crippen LogP contribution in [0.1, 0.15) is 24.4 Å². The number of alkyl halides is 2. The van der Waals surface area contributed by atoms with Crippen LogP contribution in [0.3, 0.4) is 0 Å². The van der Waals surface area contributed by atoms with Gasteiger partial charge in [0, 0.05) is 31.4 Å². The standard InChI is InChI=1S/C14H17F2N3O/c1-10(17-7-6-13-18-8-9-19-13)11-2-4-12(5-3-11)20-14(15)16/h2-5,8-10,14,17H,6-7H2,1H3,(H,18,19). The molecule has 20 heavy (non-hydrogen) atoms. The van der Waals surface area contributed by atoms with Gasteiger partial charge >= 0.3 is 6.61 Å². The maximum atomic E-state index is 12.0. The van der Waals surface area contributed by atoms with E-state index in [0.717, 1.165) is 24.4 Å². The van der Waals surface area contributed by atoms with Crippen molar-refractivity contribution in [2.45, 2.75) is 26.0 Å². The second-order valence-corrected chi connectivity index (χ2v) is 4.41. The van der Waals surface area contributed by atoms with Gasteiger partial charge in [-0.05, 0) is 24.6 Å². The molecule has 0 spiro atoms. The van der Waals surface area contributed by atoms with Crippen LogP contribution in [0.25, 0.3) is 0 Å². The van der Waals surface area contributed by atoms with Crippen molar-refractivity contribution < 1.29 is 13.5 Å². The van der Waals surface area contributed by atoms with Crippen molar-refractivity contribution in [3.8, 4) is 5.75 Å². The molecule has 1 atom stereocenters. The SMILES string of the molecule is CC(NCCc1ncc[nH]1)c1ccc(OC(F)F)cc1. The number of benzene rings is 1. The van der Waals surface area contributed by atoms with Gasteiger partial charge in [0.05, 0.1) is 0 Å². The Labute approximate surface area is 116 Å². The number of hydrogen-bond acceptors (Lipinski definition) is 3. The summed E-state index contributed by atoms with van der Waals surface area (Å²) in [4.78, 5) is 7.18. The van der Waals surface area contributed by atoms with Crippen LogP contribution in [0.4, 0.5) is 8.78 Å². The Hall–Kier alpha value is -1.95. The molecule has 1 unspecified atom stereocenters. The molecule has 0 saturated heterocycles. The number of H-pyrrole nitrogens is 1. The first-order valence-corrected chi connectivity index (χ1v) is 6.41. The minimum atomic E-state index is -2.79. The van der Waals surface area contributed by atoms with Crippen molar-refractivity contribution in [1.29, 1.82) is 0 Å². The zero-order valence-electron chi connectivity index (χ0n) is 11.1. The van der Waals surface area contributed by atoms with Gasteiger partial charge in [0.2, 0.25) is 0 Å².